The van der Waals surface area contributed by atoms with Gasteiger partial charge in [0.25, 0.3) is 0 Å². The fourth-order valence-corrected chi connectivity index (χ4v) is 1.81. The number of halogens is 1. The minimum Gasteiger partial charge on any atom is -0.294 e. The zero-order valence-electron chi connectivity index (χ0n) is 9.48. The van der Waals surface area contributed by atoms with Crippen LogP contribution < -0.4 is 0 Å². The van der Waals surface area contributed by atoms with E-state index < -0.39 is 0 Å². The van der Waals surface area contributed by atoms with E-state index in [9.17, 15) is 4.79 Å². The van der Waals surface area contributed by atoms with Crippen molar-refractivity contribution in [3.63, 3.8) is 0 Å². The van der Waals surface area contributed by atoms with Crippen molar-refractivity contribution < 1.29 is 4.79 Å². The van der Waals surface area contributed by atoms with Crippen LogP contribution in [0.5, 0.6) is 0 Å². The molecule has 86 valence electrons. The molecule has 2 rings (SSSR count). The van der Waals surface area contributed by atoms with Crippen LogP contribution in [0.1, 0.15) is 21.6 Å². The van der Waals surface area contributed by atoms with Crippen molar-refractivity contribution in [2.75, 3.05) is 0 Å². The number of carbonyl (C=O) groups is 1. The van der Waals surface area contributed by atoms with E-state index in [4.69, 9.17) is 11.6 Å². The third kappa shape index (κ3) is 2.92. The lowest BCUT2D eigenvalue weighted by atomic mass is 10.0. The fraction of sp³-hybridized carbons (Fsp3) is 0.143. The van der Waals surface area contributed by atoms with Crippen LogP contribution >= 0.6 is 11.6 Å². The number of hydrogen-bond acceptors (Lipinski definition) is 2. The maximum Gasteiger partial charge on any atom is 0.168 e. The van der Waals surface area contributed by atoms with Crippen LogP contribution in [0.3, 0.4) is 0 Å². The van der Waals surface area contributed by atoms with E-state index in [0.717, 1.165) is 11.3 Å². The lowest BCUT2D eigenvalue weighted by Crippen LogP contribution is -2.06. The summed E-state index contributed by atoms with van der Waals surface area (Å²) in [4.78, 5) is 16.2. The van der Waals surface area contributed by atoms with E-state index >= 15 is 0 Å². The molecule has 0 bridgehead atoms. The number of pyridine rings is 1. The lowest BCUT2D eigenvalue weighted by Gasteiger charge is -2.04. The van der Waals surface area contributed by atoms with Gasteiger partial charge in [0.2, 0.25) is 0 Å². The second kappa shape index (κ2) is 5.11. The van der Waals surface area contributed by atoms with Crippen LogP contribution in [0.4, 0.5) is 0 Å². The first kappa shape index (κ1) is 11.8. The monoisotopic (exact) mass is 245 g/mol. The Hall–Kier alpha value is -1.67. The van der Waals surface area contributed by atoms with Gasteiger partial charge in [-0.15, -0.1) is 0 Å². The Labute approximate surface area is 105 Å². The minimum absolute atomic E-state index is 0.0364. The van der Waals surface area contributed by atoms with Gasteiger partial charge >= 0.3 is 0 Å². The highest BCUT2D eigenvalue weighted by Crippen LogP contribution is 2.14. The smallest absolute Gasteiger partial charge is 0.168 e. The Kier molecular flexibility index (Phi) is 3.55. The number of aromatic nitrogens is 1. The van der Waals surface area contributed by atoms with Crippen molar-refractivity contribution in [3.8, 4) is 0 Å². The van der Waals surface area contributed by atoms with Gasteiger partial charge in [-0.1, -0.05) is 29.8 Å². The molecular weight excluding hydrogens is 234 g/mol. The molecule has 0 aliphatic carbocycles. The number of ketones is 1. The van der Waals surface area contributed by atoms with Crippen LogP contribution in [0.25, 0.3) is 0 Å². The molecule has 0 aliphatic heterocycles. The summed E-state index contributed by atoms with van der Waals surface area (Å²) in [5.74, 6) is 0.0364. The highest BCUT2D eigenvalue weighted by Gasteiger charge is 2.09. The van der Waals surface area contributed by atoms with Crippen molar-refractivity contribution in [3.05, 3.63) is 64.4 Å². The van der Waals surface area contributed by atoms with Crippen LogP contribution in [0.15, 0.2) is 42.6 Å². The minimum atomic E-state index is 0.0364. The summed E-state index contributed by atoms with van der Waals surface area (Å²) >= 11 is 5.86. The summed E-state index contributed by atoms with van der Waals surface area (Å²) in [6.45, 7) is 1.95. The average Bonchev–Trinajstić information content (AvgIpc) is 2.32. The highest BCUT2D eigenvalue weighted by molar-refractivity contribution is 6.31. The zero-order valence-corrected chi connectivity index (χ0v) is 10.2. The molecule has 0 aliphatic rings. The number of nitrogens with zero attached hydrogens (tertiary/aromatic N) is 1. The third-order valence-corrected chi connectivity index (χ3v) is 2.83. The second-order valence-electron chi connectivity index (χ2n) is 3.88. The van der Waals surface area contributed by atoms with E-state index in [2.05, 4.69) is 4.98 Å². The number of aryl methyl sites for hydroxylation is 1. The van der Waals surface area contributed by atoms with Crippen LogP contribution in [0, 0.1) is 6.92 Å². The molecule has 2 nitrogen and oxygen atoms in total. The van der Waals surface area contributed by atoms with Gasteiger partial charge in [0.1, 0.15) is 0 Å². The number of Topliss-reactive ketones (excluding diaryl/α,β-unsaturated/α-hetero) is 1. The highest BCUT2D eigenvalue weighted by atomic mass is 35.5. The Morgan fingerprint density at radius 1 is 1.29 bits per heavy atom. The standard InChI is InChI=1S/C14H12ClNO/c1-10-4-3-7-16-13(10)9-14(17)11-5-2-6-12(15)8-11/h2-8H,9H2,1H3. The number of benzene rings is 1. The van der Waals surface area contributed by atoms with Gasteiger partial charge in [0.15, 0.2) is 5.78 Å². The lowest BCUT2D eigenvalue weighted by molar-refractivity contribution is 0.0991. The van der Waals surface area contributed by atoms with E-state index in [1.165, 1.54) is 0 Å². The molecule has 0 radical (unpaired) electrons. The molecule has 0 unspecified atom stereocenters. The van der Waals surface area contributed by atoms with Crippen molar-refractivity contribution >= 4 is 17.4 Å². The van der Waals surface area contributed by atoms with Gasteiger partial charge in [-0.05, 0) is 30.7 Å². The van der Waals surface area contributed by atoms with Crippen LogP contribution in [-0.4, -0.2) is 10.8 Å². The van der Waals surface area contributed by atoms with Gasteiger partial charge in [-0.3, -0.25) is 9.78 Å². The zero-order chi connectivity index (χ0) is 12.3. The van der Waals surface area contributed by atoms with E-state index in [0.29, 0.717) is 17.0 Å². The molecule has 0 saturated carbocycles. The summed E-state index contributed by atoms with van der Waals surface area (Å²) in [5, 5.41) is 0.577. The molecule has 1 aromatic carbocycles. The molecule has 0 N–H and O–H groups in total. The molecular formula is C14H12ClNO. The Morgan fingerprint density at radius 3 is 2.82 bits per heavy atom. The van der Waals surface area contributed by atoms with Gasteiger partial charge in [-0.2, -0.15) is 0 Å². The van der Waals surface area contributed by atoms with E-state index in [1.807, 2.05) is 19.1 Å². The Bertz CT molecular complexity index is 551. The van der Waals surface area contributed by atoms with Gasteiger partial charge in [0.05, 0.1) is 12.1 Å². The van der Waals surface area contributed by atoms with Crippen molar-refractivity contribution in [2.45, 2.75) is 13.3 Å². The number of rotatable bonds is 3. The fourth-order valence-electron chi connectivity index (χ4n) is 1.62. The summed E-state index contributed by atoms with van der Waals surface area (Å²) in [6, 6.07) is 10.8. The largest absolute Gasteiger partial charge is 0.294 e. The van der Waals surface area contributed by atoms with Crippen molar-refractivity contribution in [1.29, 1.82) is 0 Å². The molecule has 1 heterocycles. The van der Waals surface area contributed by atoms with Crippen molar-refractivity contribution in [2.24, 2.45) is 0 Å². The predicted octanol–water partition coefficient (Wildman–Crippen LogP) is 3.47. The van der Waals surface area contributed by atoms with Crippen LogP contribution in [0.2, 0.25) is 5.02 Å². The topological polar surface area (TPSA) is 30.0 Å². The number of hydrogen-bond donors (Lipinski definition) is 0. The van der Waals surface area contributed by atoms with E-state index in [-0.39, 0.29) is 5.78 Å². The SMILES string of the molecule is Cc1cccnc1CC(=O)c1cccc(Cl)c1. The van der Waals surface area contributed by atoms with Crippen molar-refractivity contribution in [1.82, 2.24) is 4.98 Å². The maximum atomic E-state index is 12.0. The third-order valence-electron chi connectivity index (χ3n) is 2.59. The maximum absolute atomic E-state index is 12.0. The number of carbonyl (C=O) groups excluding carboxylic acids is 1. The average molecular weight is 246 g/mol. The molecule has 0 spiro atoms. The van der Waals surface area contributed by atoms with Crippen LogP contribution in [-0.2, 0) is 6.42 Å². The molecule has 0 fully saturated rings. The summed E-state index contributed by atoms with van der Waals surface area (Å²) in [5.41, 5.74) is 2.47. The molecule has 0 atom stereocenters. The predicted molar refractivity (Wildman–Crippen MR) is 68.5 cm³/mol. The van der Waals surface area contributed by atoms with Gasteiger partial charge < -0.3 is 0 Å². The summed E-state index contributed by atoms with van der Waals surface area (Å²) in [6.07, 6.45) is 2.01. The van der Waals surface area contributed by atoms with E-state index in [1.54, 1.807) is 30.5 Å². The quantitative estimate of drug-likeness (QED) is 0.775. The second-order valence-corrected chi connectivity index (χ2v) is 4.31. The first-order valence-electron chi connectivity index (χ1n) is 5.36. The molecule has 1 aromatic heterocycles. The molecule has 2 aromatic rings. The van der Waals surface area contributed by atoms with Gasteiger partial charge in [0, 0.05) is 16.8 Å². The molecule has 0 saturated heterocycles. The molecule has 17 heavy (non-hydrogen) atoms. The Morgan fingerprint density at radius 2 is 2.12 bits per heavy atom. The Balaban J connectivity index is 2.20. The first-order valence-corrected chi connectivity index (χ1v) is 5.74. The molecule has 3 heteroatoms. The molecule has 0 amide bonds. The summed E-state index contributed by atoms with van der Waals surface area (Å²) in [7, 11) is 0. The van der Waals surface area contributed by atoms with Gasteiger partial charge in [-0.25, -0.2) is 0 Å². The first-order chi connectivity index (χ1) is 8.16. The summed E-state index contributed by atoms with van der Waals surface area (Å²) < 4.78 is 0. The normalized spacial score (nSPS) is 10.2.